The van der Waals surface area contributed by atoms with Gasteiger partial charge in [0.2, 0.25) is 0 Å². The quantitative estimate of drug-likeness (QED) is 0.681. The third-order valence-electron chi connectivity index (χ3n) is 2.69. The number of hydrogen-bond donors (Lipinski definition) is 0. The van der Waals surface area contributed by atoms with E-state index in [1.165, 1.54) is 5.56 Å². The molecule has 0 aliphatic carbocycles. The molecular formula is C12H16O2. The fourth-order valence-corrected chi connectivity index (χ4v) is 1.52. The molecule has 0 amide bonds. The van der Waals surface area contributed by atoms with E-state index < -0.39 is 0 Å². The Kier molecular flexibility index (Phi) is 2.57. The molecule has 0 spiro atoms. The lowest BCUT2D eigenvalue weighted by molar-refractivity contribution is -0.0652. The highest BCUT2D eigenvalue weighted by Gasteiger charge is 2.30. The van der Waals surface area contributed by atoms with Crippen LogP contribution in [0.15, 0.2) is 24.3 Å². The molecule has 1 saturated heterocycles. The number of benzene rings is 1. The summed E-state index contributed by atoms with van der Waals surface area (Å²) in [7, 11) is 0. The van der Waals surface area contributed by atoms with Crippen LogP contribution in [0.3, 0.4) is 0 Å². The summed E-state index contributed by atoms with van der Waals surface area (Å²) >= 11 is 0. The summed E-state index contributed by atoms with van der Waals surface area (Å²) < 4.78 is 11.4. The summed E-state index contributed by atoms with van der Waals surface area (Å²) in [5, 5.41) is 0. The van der Waals surface area contributed by atoms with Crippen LogP contribution in [0.2, 0.25) is 0 Å². The highest BCUT2D eigenvalue weighted by Crippen LogP contribution is 2.30. The Morgan fingerprint density at radius 3 is 1.93 bits per heavy atom. The minimum Gasteiger partial charge on any atom is -0.343 e. The van der Waals surface area contributed by atoms with Gasteiger partial charge >= 0.3 is 0 Å². The second-order valence-corrected chi connectivity index (χ2v) is 3.93. The average Bonchev–Trinajstić information content (AvgIpc) is 2.48. The van der Waals surface area contributed by atoms with Crippen LogP contribution in [-0.2, 0) is 9.47 Å². The molecule has 0 saturated carbocycles. The zero-order valence-electron chi connectivity index (χ0n) is 8.86. The van der Waals surface area contributed by atoms with Crippen LogP contribution in [0, 0.1) is 6.92 Å². The third-order valence-corrected chi connectivity index (χ3v) is 2.69. The zero-order chi connectivity index (χ0) is 10.1. The van der Waals surface area contributed by atoms with E-state index in [1.54, 1.807) is 0 Å². The summed E-state index contributed by atoms with van der Waals surface area (Å²) in [6.07, 6.45) is 0.184. The van der Waals surface area contributed by atoms with Gasteiger partial charge in [-0.1, -0.05) is 29.8 Å². The van der Waals surface area contributed by atoms with Crippen LogP contribution in [0.1, 0.15) is 31.3 Å². The molecule has 3 atom stereocenters. The maximum Gasteiger partial charge on any atom is 0.184 e. The highest BCUT2D eigenvalue weighted by atomic mass is 16.7. The summed E-state index contributed by atoms with van der Waals surface area (Å²) in [6.45, 7) is 6.16. The normalized spacial score (nSPS) is 32.1. The molecule has 14 heavy (non-hydrogen) atoms. The third kappa shape index (κ3) is 1.81. The van der Waals surface area contributed by atoms with Gasteiger partial charge in [-0.3, -0.25) is 0 Å². The fourth-order valence-electron chi connectivity index (χ4n) is 1.52. The largest absolute Gasteiger partial charge is 0.343 e. The SMILES string of the molecule is Cc1ccc(C2O[C@@H](C)[C@@H](C)O2)cc1. The van der Waals surface area contributed by atoms with E-state index in [0.29, 0.717) is 0 Å². The predicted molar refractivity (Wildman–Crippen MR) is 55.0 cm³/mol. The van der Waals surface area contributed by atoms with Crippen LogP contribution in [0.25, 0.3) is 0 Å². The zero-order valence-corrected chi connectivity index (χ0v) is 8.86. The average molecular weight is 192 g/mol. The molecule has 1 fully saturated rings. The highest BCUT2D eigenvalue weighted by molar-refractivity contribution is 5.22. The monoisotopic (exact) mass is 192 g/mol. The van der Waals surface area contributed by atoms with Crippen molar-refractivity contribution >= 4 is 0 Å². The molecule has 1 aliphatic rings. The van der Waals surface area contributed by atoms with Crippen molar-refractivity contribution in [2.45, 2.75) is 39.3 Å². The summed E-state index contributed by atoms with van der Waals surface area (Å²) in [6, 6.07) is 8.28. The van der Waals surface area contributed by atoms with Gasteiger partial charge in [-0.15, -0.1) is 0 Å². The van der Waals surface area contributed by atoms with Crippen molar-refractivity contribution in [2.75, 3.05) is 0 Å². The first-order valence-electron chi connectivity index (χ1n) is 5.04. The Hall–Kier alpha value is -0.860. The van der Waals surface area contributed by atoms with Gasteiger partial charge in [-0.2, -0.15) is 0 Å². The van der Waals surface area contributed by atoms with Crippen molar-refractivity contribution < 1.29 is 9.47 Å². The van der Waals surface area contributed by atoms with E-state index in [0.717, 1.165) is 5.56 Å². The van der Waals surface area contributed by atoms with E-state index in [9.17, 15) is 0 Å². The standard InChI is InChI=1S/C12H16O2/c1-8-4-6-11(7-5-8)12-13-9(2)10(3)14-12/h4-7,9-10,12H,1-3H3/t9-,10+,12?. The number of rotatable bonds is 1. The molecule has 1 aromatic carbocycles. The van der Waals surface area contributed by atoms with Crippen LogP contribution in [-0.4, -0.2) is 12.2 Å². The summed E-state index contributed by atoms with van der Waals surface area (Å²) in [5.74, 6) is 0. The second-order valence-electron chi connectivity index (χ2n) is 3.93. The first kappa shape index (κ1) is 9.69. The molecule has 0 aromatic heterocycles. The first-order chi connectivity index (χ1) is 6.66. The van der Waals surface area contributed by atoms with Gasteiger partial charge in [0.15, 0.2) is 6.29 Å². The van der Waals surface area contributed by atoms with E-state index in [1.807, 2.05) is 13.8 Å². The topological polar surface area (TPSA) is 18.5 Å². The van der Waals surface area contributed by atoms with Crippen molar-refractivity contribution in [2.24, 2.45) is 0 Å². The summed E-state index contributed by atoms with van der Waals surface area (Å²) in [4.78, 5) is 0. The Morgan fingerprint density at radius 2 is 1.43 bits per heavy atom. The smallest absolute Gasteiger partial charge is 0.184 e. The van der Waals surface area contributed by atoms with Crippen LogP contribution >= 0.6 is 0 Å². The Bertz CT molecular complexity index is 295. The number of aryl methyl sites for hydroxylation is 1. The lowest BCUT2D eigenvalue weighted by atomic mass is 10.1. The van der Waals surface area contributed by atoms with Gasteiger partial charge in [0, 0.05) is 5.56 Å². The van der Waals surface area contributed by atoms with Gasteiger partial charge < -0.3 is 9.47 Å². The molecule has 76 valence electrons. The molecule has 2 nitrogen and oxygen atoms in total. The molecular weight excluding hydrogens is 176 g/mol. The van der Waals surface area contributed by atoms with Crippen molar-refractivity contribution in [1.29, 1.82) is 0 Å². The van der Waals surface area contributed by atoms with Gasteiger partial charge in [-0.05, 0) is 20.8 Å². The lowest BCUT2D eigenvalue weighted by Crippen LogP contribution is -2.13. The van der Waals surface area contributed by atoms with Gasteiger partial charge in [0.05, 0.1) is 12.2 Å². The second kappa shape index (κ2) is 3.71. The first-order valence-corrected chi connectivity index (χ1v) is 5.04. The molecule has 2 heteroatoms. The molecule has 1 heterocycles. The van der Waals surface area contributed by atoms with Crippen molar-refractivity contribution in [3.8, 4) is 0 Å². The van der Waals surface area contributed by atoms with E-state index in [-0.39, 0.29) is 18.5 Å². The van der Waals surface area contributed by atoms with E-state index >= 15 is 0 Å². The Balaban J connectivity index is 2.13. The number of ether oxygens (including phenoxy) is 2. The molecule has 1 unspecified atom stereocenters. The Morgan fingerprint density at radius 1 is 0.929 bits per heavy atom. The Labute approximate surface area is 84.8 Å². The van der Waals surface area contributed by atoms with Gasteiger partial charge in [0.25, 0.3) is 0 Å². The van der Waals surface area contributed by atoms with Gasteiger partial charge in [0.1, 0.15) is 0 Å². The maximum absolute atomic E-state index is 5.68. The predicted octanol–water partition coefficient (Wildman–Crippen LogP) is 2.82. The molecule has 0 radical (unpaired) electrons. The van der Waals surface area contributed by atoms with Crippen molar-refractivity contribution in [3.63, 3.8) is 0 Å². The maximum atomic E-state index is 5.68. The van der Waals surface area contributed by atoms with Crippen molar-refractivity contribution in [3.05, 3.63) is 35.4 Å². The van der Waals surface area contributed by atoms with Crippen LogP contribution in [0.5, 0.6) is 0 Å². The molecule has 2 rings (SSSR count). The fraction of sp³-hybridized carbons (Fsp3) is 0.500. The molecule has 1 aromatic rings. The van der Waals surface area contributed by atoms with Gasteiger partial charge in [-0.25, -0.2) is 0 Å². The van der Waals surface area contributed by atoms with E-state index in [2.05, 4.69) is 31.2 Å². The lowest BCUT2D eigenvalue weighted by Gasteiger charge is -2.09. The minimum absolute atomic E-state index is 0.180. The summed E-state index contributed by atoms with van der Waals surface area (Å²) in [5.41, 5.74) is 2.36. The van der Waals surface area contributed by atoms with Crippen LogP contribution in [0.4, 0.5) is 0 Å². The number of hydrogen-bond acceptors (Lipinski definition) is 2. The van der Waals surface area contributed by atoms with E-state index in [4.69, 9.17) is 9.47 Å². The minimum atomic E-state index is -0.180. The molecule has 1 aliphatic heterocycles. The molecule has 0 bridgehead atoms. The van der Waals surface area contributed by atoms with Crippen molar-refractivity contribution in [1.82, 2.24) is 0 Å². The van der Waals surface area contributed by atoms with Crippen LogP contribution < -0.4 is 0 Å². The molecule has 0 N–H and O–H groups in total.